The molecule has 4 heteroatoms. The molecule has 0 atom stereocenters. The smallest absolute Gasteiger partial charge is 0.119 e. The van der Waals surface area contributed by atoms with E-state index in [0.29, 0.717) is 13.1 Å². The van der Waals surface area contributed by atoms with Gasteiger partial charge in [0, 0.05) is 32.7 Å². The second kappa shape index (κ2) is 8.98. The summed E-state index contributed by atoms with van der Waals surface area (Å²) in [4.78, 5) is 2.27. The van der Waals surface area contributed by atoms with Crippen LogP contribution in [0.15, 0.2) is 30.3 Å². The van der Waals surface area contributed by atoms with E-state index in [1.807, 2.05) is 30.3 Å². The Hall–Kier alpha value is -1.10. The van der Waals surface area contributed by atoms with Crippen molar-refractivity contribution < 1.29 is 4.74 Å². The number of benzene rings is 1. The Morgan fingerprint density at radius 1 is 0.941 bits per heavy atom. The van der Waals surface area contributed by atoms with Crippen LogP contribution in [-0.2, 0) is 0 Å². The third-order valence-corrected chi connectivity index (χ3v) is 2.52. The van der Waals surface area contributed by atoms with Crippen molar-refractivity contribution in [3.05, 3.63) is 30.3 Å². The van der Waals surface area contributed by atoms with E-state index >= 15 is 0 Å². The SMILES string of the molecule is NCCN(CCN)CCCOc1ccccc1. The molecule has 0 bridgehead atoms. The normalized spacial score (nSPS) is 10.8. The molecule has 0 heterocycles. The first-order valence-corrected chi connectivity index (χ1v) is 6.17. The second-order valence-electron chi connectivity index (χ2n) is 3.93. The van der Waals surface area contributed by atoms with Crippen molar-refractivity contribution in [1.82, 2.24) is 4.90 Å². The van der Waals surface area contributed by atoms with Crippen LogP contribution in [0, 0.1) is 0 Å². The number of ether oxygens (including phenoxy) is 1. The standard InChI is InChI=1S/C13H23N3O/c14-7-10-16(11-8-15)9-4-12-17-13-5-2-1-3-6-13/h1-3,5-6H,4,7-12,14-15H2. The molecule has 0 aliphatic carbocycles. The Bertz CT molecular complexity index is 273. The van der Waals surface area contributed by atoms with Gasteiger partial charge in [0.15, 0.2) is 0 Å². The monoisotopic (exact) mass is 237 g/mol. The summed E-state index contributed by atoms with van der Waals surface area (Å²) in [5.74, 6) is 0.927. The van der Waals surface area contributed by atoms with Crippen molar-refractivity contribution in [2.24, 2.45) is 11.5 Å². The molecule has 0 aliphatic rings. The quantitative estimate of drug-likeness (QED) is 0.620. The van der Waals surface area contributed by atoms with Gasteiger partial charge in [0.2, 0.25) is 0 Å². The predicted molar refractivity (Wildman–Crippen MR) is 71.1 cm³/mol. The van der Waals surface area contributed by atoms with E-state index in [0.717, 1.165) is 38.4 Å². The van der Waals surface area contributed by atoms with Crippen molar-refractivity contribution in [3.63, 3.8) is 0 Å². The first-order chi connectivity index (χ1) is 8.36. The molecule has 1 rings (SSSR count). The van der Waals surface area contributed by atoms with E-state index < -0.39 is 0 Å². The zero-order valence-electron chi connectivity index (χ0n) is 10.3. The van der Waals surface area contributed by atoms with E-state index in [9.17, 15) is 0 Å². The minimum Gasteiger partial charge on any atom is -0.494 e. The highest BCUT2D eigenvalue weighted by molar-refractivity contribution is 5.20. The van der Waals surface area contributed by atoms with Crippen LogP contribution in [0.25, 0.3) is 0 Å². The molecule has 0 saturated carbocycles. The first-order valence-electron chi connectivity index (χ1n) is 6.17. The number of hydrogen-bond acceptors (Lipinski definition) is 4. The van der Waals surface area contributed by atoms with Gasteiger partial charge in [0.25, 0.3) is 0 Å². The Balaban J connectivity index is 2.13. The fraction of sp³-hybridized carbons (Fsp3) is 0.538. The first kappa shape index (κ1) is 14.0. The fourth-order valence-electron chi connectivity index (χ4n) is 1.70. The van der Waals surface area contributed by atoms with Gasteiger partial charge in [0.1, 0.15) is 5.75 Å². The van der Waals surface area contributed by atoms with E-state index in [2.05, 4.69) is 4.90 Å². The van der Waals surface area contributed by atoms with E-state index in [1.54, 1.807) is 0 Å². The lowest BCUT2D eigenvalue weighted by atomic mass is 10.3. The molecule has 1 aromatic carbocycles. The van der Waals surface area contributed by atoms with E-state index in [1.165, 1.54) is 0 Å². The van der Waals surface area contributed by atoms with Crippen LogP contribution in [0.5, 0.6) is 5.75 Å². The summed E-state index contributed by atoms with van der Waals surface area (Å²) in [5.41, 5.74) is 11.1. The molecule has 4 nitrogen and oxygen atoms in total. The van der Waals surface area contributed by atoms with Gasteiger partial charge in [-0.15, -0.1) is 0 Å². The zero-order valence-corrected chi connectivity index (χ0v) is 10.3. The maximum absolute atomic E-state index is 5.62. The largest absolute Gasteiger partial charge is 0.494 e. The summed E-state index contributed by atoms with van der Waals surface area (Å²) in [6.07, 6.45) is 0.995. The van der Waals surface area contributed by atoms with Crippen LogP contribution >= 0.6 is 0 Å². The van der Waals surface area contributed by atoms with Crippen molar-refractivity contribution >= 4 is 0 Å². The Kier molecular flexibility index (Phi) is 7.38. The highest BCUT2D eigenvalue weighted by atomic mass is 16.5. The molecule has 0 radical (unpaired) electrons. The van der Waals surface area contributed by atoms with E-state index in [4.69, 9.17) is 16.2 Å². The molecule has 0 fully saturated rings. The molecule has 0 amide bonds. The Morgan fingerprint density at radius 3 is 2.18 bits per heavy atom. The third kappa shape index (κ3) is 6.26. The van der Waals surface area contributed by atoms with Crippen LogP contribution in [0.1, 0.15) is 6.42 Å². The van der Waals surface area contributed by atoms with Gasteiger partial charge in [-0.05, 0) is 18.6 Å². The zero-order chi connectivity index (χ0) is 12.3. The van der Waals surface area contributed by atoms with Gasteiger partial charge >= 0.3 is 0 Å². The lowest BCUT2D eigenvalue weighted by molar-refractivity contribution is 0.242. The molecular formula is C13H23N3O. The molecule has 0 saturated heterocycles. The molecule has 4 N–H and O–H groups in total. The fourth-order valence-corrected chi connectivity index (χ4v) is 1.70. The Morgan fingerprint density at radius 2 is 1.59 bits per heavy atom. The van der Waals surface area contributed by atoms with Gasteiger partial charge < -0.3 is 21.1 Å². The van der Waals surface area contributed by atoms with Gasteiger partial charge in [0.05, 0.1) is 6.61 Å². The summed E-state index contributed by atoms with van der Waals surface area (Å²) in [6.45, 7) is 4.89. The topological polar surface area (TPSA) is 64.5 Å². The van der Waals surface area contributed by atoms with Crippen molar-refractivity contribution in [1.29, 1.82) is 0 Å². The number of nitrogens with zero attached hydrogens (tertiary/aromatic N) is 1. The molecule has 0 spiro atoms. The van der Waals surface area contributed by atoms with Crippen LogP contribution in [0.2, 0.25) is 0 Å². The van der Waals surface area contributed by atoms with Crippen molar-refractivity contribution in [2.45, 2.75) is 6.42 Å². The van der Waals surface area contributed by atoms with Gasteiger partial charge in [-0.3, -0.25) is 0 Å². The molecule has 0 aromatic heterocycles. The molecular weight excluding hydrogens is 214 g/mol. The maximum atomic E-state index is 5.62. The highest BCUT2D eigenvalue weighted by Gasteiger charge is 2.02. The number of rotatable bonds is 9. The number of nitrogens with two attached hydrogens (primary N) is 2. The van der Waals surface area contributed by atoms with Crippen molar-refractivity contribution in [3.8, 4) is 5.75 Å². The molecule has 1 aromatic rings. The third-order valence-electron chi connectivity index (χ3n) is 2.52. The molecule has 96 valence electrons. The number of hydrogen-bond donors (Lipinski definition) is 2. The lowest BCUT2D eigenvalue weighted by Crippen LogP contribution is -2.35. The number of para-hydroxylation sites is 1. The average molecular weight is 237 g/mol. The van der Waals surface area contributed by atoms with Crippen LogP contribution in [-0.4, -0.2) is 44.2 Å². The highest BCUT2D eigenvalue weighted by Crippen LogP contribution is 2.08. The summed E-state index contributed by atoms with van der Waals surface area (Å²) in [5, 5.41) is 0. The molecule has 17 heavy (non-hydrogen) atoms. The Labute approximate surface area is 104 Å². The van der Waals surface area contributed by atoms with Crippen molar-refractivity contribution in [2.75, 3.05) is 39.3 Å². The molecule has 0 unspecified atom stereocenters. The second-order valence-corrected chi connectivity index (χ2v) is 3.93. The maximum Gasteiger partial charge on any atom is 0.119 e. The van der Waals surface area contributed by atoms with Gasteiger partial charge in [-0.1, -0.05) is 18.2 Å². The summed E-state index contributed by atoms with van der Waals surface area (Å²) >= 11 is 0. The van der Waals surface area contributed by atoms with Gasteiger partial charge in [-0.25, -0.2) is 0 Å². The van der Waals surface area contributed by atoms with Gasteiger partial charge in [-0.2, -0.15) is 0 Å². The van der Waals surface area contributed by atoms with Crippen LogP contribution in [0.4, 0.5) is 0 Å². The van der Waals surface area contributed by atoms with E-state index in [-0.39, 0.29) is 0 Å². The average Bonchev–Trinajstić information content (AvgIpc) is 2.36. The predicted octanol–water partition coefficient (Wildman–Crippen LogP) is 0.675. The lowest BCUT2D eigenvalue weighted by Gasteiger charge is -2.20. The summed E-state index contributed by atoms with van der Waals surface area (Å²) < 4.78 is 5.62. The minimum absolute atomic E-state index is 0.680. The molecule has 0 aliphatic heterocycles. The van der Waals surface area contributed by atoms with Crippen LogP contribution < -0.4 is 16.2 Å². The minimum atomic E-state index is 0.680. The van der Waals surface area contributed by atoms with Crippen LogP contribution in [0.3, 0.4) is 0 Å². The summed E-state index contributed by atoms with van der Waals surface area (Å²) in [6, 6.07) is 9.88. The summed E-state index contributed by atoms with van der Waals surface area (Å²) in [7, 11) is 0.